The molecule has 1 saturated heterocycles. The second kappa shape index (κ2) is 14.2. The highest BCUT2D eigenvalue weighted by Crippen LogP contribution is 2.46. The number of nitrogen functional groups attached to an aromatic ring is 1. The molecule has 3 N–H and O–H groups in total. The average molecular weight is 660 g/mol. The highest BCUT2D eigenvalue weighted by atomic mass is 28.4. The number of carbonyl (C=O) groups is 1. The first-order chi connectivity index (χ1) is 22.5. The fraction of sp³-hybridized carbons (Fsp3) is 0.429. The fourth-order valence-electron chi connectivity index (χ4n) is 6.79. The van der Waals surface area contributed by atoms with E-state index >= 15 is 0 Å². The molecule has 5 rings (SSSR count). The quantitative estimate of drug-likeness (QED) is 0.0612. The molecule has 0 unspecified atom stereocenters. The molecule has 2 aromatic carbocycles. The number of rotatable bonds is 13. The summed E-state index contributed by atoms with van der Waals surface area (Å²) >= 11 is 0. The van der Waals surface area contributed by atoms with Crippen molar-refractivity contribution in [3.63, 3.8) is 0 Å². The lowest BCUT2D eigenvalue weighted by Crippen LogP contribution is -2.67. The van der Waals surface area contributed by atoms with Crippen LogP contribution in [0.4, 0.5) is 15.0 Å². The van der Waals surface area contributed by atoms with Gasteiger partial charge in [0.15, 0.2) is 22.6 Å². The second-order valence-electron chi connectivity index (χ2n) is 13.0. The number of nitrogens with two attached hydrogens (primary N) is 1. The third kappa shape index (κ3) is 7.02. The molecule has 0 aliphatic carbocycles. The van der Waals surface area contributed by atoms with Crippen molar-refractivity contribution in [3.05, 3.63) is 73.1 Å². The molecule has 0 bridgehead atoms. The molecular weight excluding hydrogens is 617 g/mol. The molecule has 1 fully saturated rings. The van der Waals surface area contributed by atoms with Crippen LogP contribution in [0.3, 0.4) is 0 Å². The van der Waals surface area contributed by atoms with Crippen LogP contribution in [0.25, 0.3) is 11.2 Å². The maximum absolute atomic E-state index is 14.3. The van der Waals surface area contributed by atoms with Crippen molar-refractivity contribution in [3.8, 4) is 12.3 Å². The van der Waals surface area contributed by atoms with Crippen molar-refractivity contribution in [2.45, 2.75) is 76.2 Å². The van der Waals surface area contributed by atoms with E-state index in [2.05, 4.69) is 70.6 Å². The second-order valence-corrected chi connectivity index (χ2v) is 17.3. The molecule has 12 heteroatoms. The summed E-state index contributed by atoms with van der Waals surface area (Å²) in [6.45, 7) is 6.94. The summed E-state index contributed by atoms with van der Waals surface area (Å²) in [5.74, 6) is 2.85. The lowest BCUT2D eigenvalue weighted by atomic mass is 9.84. The Morgan fingerprint density at radius 1 is 1.11 bits per heavy atom. The average Bonchev–Trinajstić information content (AvgIpc) is 3.63. The molecule has 3 atom stereocenters. The number of carboxylic acid groups (broad SMARTS) is 1. The zero-order valence-electron chi connectivity index (χ0n) is 27.1. The number of terminal acetylenes is 1. The molecule has 0 amide bonds. The van der Waals surface area contributed by atoms with Crippen molar-refractivity contribution in [1.29, 1.82) is 0 Å². The van der Waals surface area contributed by atoms with Crippen LogP contribution in [0.1, 0.15) is 65.5 Å². The van der Waals surface area contributed by atoms with Crippen LogP contribution in [0, 0.1) is 24.3 Å². The zero-order chi connectivity index (χ0) is 33.7. The summed E-state index contributed by atoms with van der Waals surface area (Å²) in [5, 5.41) is 10.7. The predicted molar refractivity (Wildman–Crippen MR) is 180 cm³/mol. The van der Waals surface area contributed by atoms with Crippen LogP contribution in [0.5, 0.6) is 0 Å². The van der Waals surface area contributed by atoms with Gasteiger partial charge in [0.2, 0.25) is 0 Å². The third-order valence-corrected chi connectivity index (χ3v) is 14.0. The number of anilines is 1. The normalized spacial score (nSPS) is 19.9. The number of benzene rings is 2. The topological polar surface area (TPSA) is 135 Å². The van der Waals surface area contributed by atoms with Gasteiger partial charge in [0.1, 0.15) is 6.23 Å². The summed E-state index contributed by atoms with van der Waals surface area (Å²) in [6, 6.07) is 20.7. The summed E-state index contributed by atoms with van der Waals surface area (Å²) in [5.41, 5.74) is 5.37. The predicted octanol–water partition coefficient (Wildman–Crippen LogP) is 5.68. The number of nitrogens with zero attached hydrogens (tertiary/aromatic N) is 4. The van der Waals surface area contributed by atoms with Gasteiger partial charge in [0, 0.05) is 5.92 Å². The van der Waals surface area contributed by atoms with Crippen molar-refractivity contribution < 1.29 is 28.2 Å². The van der Waals surface area contributed by atoms with Crippen molar-refractivity contribution in [1.82, 2.24) is 19.5 Å². The Bertz CT molecular complexity index is 1670. The summed E-state index contributed by atoms with van der Waals surface area (Å²) < 4.78 is 34.7. The van der Waals surface area contributed by atoms with Crippen LogP contribution in [0.15, 0.2) is 67.0 Å². The van der Waals surface area contributed by atoms with Crippen molar-refractivity contribution >= 4 is 41.8 Å². The number of imidazole rings is 1. The molecule has 248 valence electrons. The Labute approximate surface area is 275 Å². The zero-order valence-corrected chi connectivity index (χ0v) is 28.1. The minimum absolute atomic E-state index is 0.0501. The highest BCUT2D eigenvalue weighted by molar-refractivity contribution is 6.99. The lowest BCUT2D eigenvalue weighted by molar-refractivity contribution is -0.0709. The molecule has 4 aromatic rings. The minimum Gasteiger partial charge on any atom is -0.450 e. The Hall–Kier alpha value is -4.31. The summed E-state index contributed by atoms with van der Waals surface area (Å²) in [7, 11) is -2.96. The Kier molecular flexibility index (Phi) is 10.3. The van der Waals surface area contributed by atoms with Gasteiger partial charge in [0.25, 0.3) is 8.32 Å². The van der Waals surface area contributed by atoms with Gasteiger partial charge in [-0.1, -0.05) is 107 Å². The molecule has 3 heterocycles. The molecule has 2 aromatic heterocycles. The number of ether oxygens (including phenoxy) is 2. The SMILES string of the molecule is C#C[C@]1(CO[Si](c2ccccc2)(c2ccccc2)C(C)(C)C)O[C@@H](n2cnc3c(N)nc(F)nc32)C[C@@H]1CCCCCCOC(=O)O. The van der Waals surface area contributed by atoms with Crippen molar-refractivity contribution in [2.24, 2.45) is 5.92 Å². The maximum Gasteiger partial charge on any atom is 0.505 e. The van der Waals surface area contributed by atoms with E-state index in [-0.39, 0.29) is 41.2 Å². The van der Waals surface area contributed by atoms with E-state index in [1.54, 1.807) is 4.57 Å². The van der Waals surface area contributed by atoms with Crippen molar-refractivity contribution in [2.75, 3.05) is 18.9 Å². The van der Waals surface area contributed by atoms with Gasteiger partial charge in [0.05, 0.1) is 19.5 Å². The molecule has 0 spiro atoms. The van der Waals surface area contributed by atoms with E-state index in [1.807, 2.05) is 36.4 Å². The molecular formula is C35H42FN5O5Si. The van der Waals surface area contributed by atoms with Gasteiger partial charge in [-0.05, 0) is 34.7 Å². The first-order valence-corrected chi connectivity index (χ1v) is 17.8. The van der Waals surface area contributed by atoms with Gasteiger partial charge in [-0.3, -0.25) is 4.57 Å². The van der Waals surface area contributed by atoms with Gasteiger partial charge in [-0.15, -0.1) is 6.42 Å². The Morgan fingerprint density at radius 2 is 1.74 bits per heavy atom. The molecule has 0 saturated carbocycles. The van der Waals surface area contributed by atoms with Crippen LogP contribution in [-0.4, -0.2) is 57.9 Å². The summed E-state index contributed by atoms with van der Waals surface area (Å²) in [4.78, 5) is 22.6. The number of hydrogen-bond donors (Lipinski definition) is 2. The van der Waals surface area contributed by atoms with E-state index < -0.39 is 32.4 Å². The number of halogens is 1. The first kappa shape index (κ1) is 34.0. The first-order valence-electron chi connectivity index (χ1n) is 15.9. The van der Waals surface area contributed by atoms with E-state index in [0.717, 1.165) is 36.1 Å². The number of fused-ring (bicyclic) bond motifs is 1. The maximum atomic E-state index is 14.3. The summed E-state index contributed by atoms with van der Waals surface area (Å²) in [6.07, 6.45) is 9.55. The molecule has 1 aliphatic heterocycles. The van der Waals surface area contributed by atoms with Gasteiger partial charge in [-0.2, -0.15) is 14.4 Å². The smallest absolute Gasteiger partial charge is 0.450 e. The fourth-order valence-corrected chi connectivity index (χ4v) is 11.4. The van der Waals surface area contributed by atoms with E-state index in [0.29, 0.717) is 12.8 Å². The number of hydrogen-bond acceptors (Lipinski definition) is 8. The minimum atomic E-state index is -2.96. The highest BCUT2D eigenvalue weighted by Gasteiger charge is 2.54. The van der Waals surface area contributed by atoms with E-state index in [9.17, 15) is 9.18 Å². The molecule has 47 heavy (non-hydrogen) atoms. The van der Waals surface area contributed by atoms with Crippen LogP contribution in [-0.2, 0) is 13.9 Å². The molecule has 1 aliphatic rings. The number of aromatic nitrogens is 4. The van der Waals surface area contributed by atoms with Gasteiger partial charge in [-0.25, -0.2) is 9.78 Å². The standard InChI is InChI=1S/C35H42FN5O5Si/c1-5-35(23-45-47(34(2,3)4,26-17-11-8-12-18-26)27-19-13-9-14-20-27)25(16-10-6-7-15-21-44-33(42)43)22-28(46-35)41-24-38-29-30(37)39-32(36)40-31(29)41/h1,8-9,11-14,17-20,24-25,28H,6-7,10,15-16,21-23H2,2-4H3,(H,42,43)(H2,37,39,40)/t25-,28+,35+/m0/s1. The third-order valence-electron chi connectivity index (χ3n) is 9.06. The Balaban J connectivity index is 1.48. The monoisotopic (exact) mass is 659 g/mol. The van der Waals surface area contributed by atoms with E-state index in [1.165, 1.54) is 6.33 Å². The molecule has 0 radical (unpaired) electrons. The van der Waals surface area contributed by atoms with Crippen LogP contribution >= 0.6 is 0 Å². The molecule has 10 nitrogen and oxygen atoms in total. The van der Waals surface area contributed by atoms with Gasteiger partial charge < -0.3 is 24.7 Å². The largest absolute Gasteiger partial charge is 0.505 e. The van der Waals surface area contributed by atoms with E-state index in [4.69, 9.17) is 26.4 Å². The van der Waals surface area contributed by atoms with Crippen LogP contribution in [0.2, 0.25) is 5.04 Å². The Morgan fingerprint density at radius 3 is 2.34 bits per heavy atom. The van der Waals surface area contributed by atoms with Gasteiger partial charge >= 0.3 is 12.2 Å². The van der Waals surface area contributed by atoms with Crippen LogP contribution < -0.4 is 16.1 Å². The lowest BCUT2D eigenvalue weighted by Gasteiger charge is -2.45. The number of unbranched alkanes of at least 4 members (excludes halogenated alkanes) is 3.